The molecular formula is C22H35N3O4S. The molecule has 168 valence electrons. The molecule has 1 saturated heterocycles. The Hall–Kier alpha value is -1.80. The molecule has 2 fully saturated rings. The second-order valence-electron chi connectivity index (χ2n) is 8.39. The highest BCUT2D eigenvalue weighted by atomic mass is 32.2. The summed E-state index contributed by atoms with van der Waals surface area (Å²) in [6.45, 7) is 2.89. The molecule has 8 heteroatoms. The number of sulfonamides is 1. The van der Waals surface area contributed by atoms with Crippen molar-refractivity contribution in [2.75, 3.05) is 25.5 Å². The summed E-state index contributed by atoms with van der Waals surface area (Å²) in [5.41, 5.74) is 0.514. The normalized spacial score (nSPS) is 20.2. The molecule has 1 aliphatic carbocycles. The SMILES string of the molecule is COc1ccc(S(=O)(=O)N2CCCCCC2)cc1N[C@H](C)C(=O)NC1CCCCC1. The van der Waals surface area contributed by atoms with Crippen molar-refractivity contribution in [3.8, 4) is 5.75 Å². The minimum absolute atomic E-state index is 0.0790. The Bertz CT molecular complexity index is 814. The first-order chi connectivity index (χ1) is 14.4. The number of carbonyl (C=O) groups is 1. The maximum Gasteiger partial charge on any atom is 0.243 e. The molecule has 1 saturated carbocycles. The second kappa shape index (κ2) is 10.5. The summed E-state index contributed by atoms with van der Waals surface area (Å²) in [4.78, 5) is 12.9. The van der Waals surface area contributed by atoms with Gasteiger partial charge in [0.2, 0.25) is 15.9 Å². The van der Waals surface area contributed by atoms with Crippen molar-refractivity contribution in [1.82, 2.24) is 9.62 Å². The lowest BCUT2D eigenvalue weighted by molar-refractivity contribution is -0.122. The van der Waals surface area contributed by atoms with Crippen LogP contribution in [0.1, 0.15) is 64.7 Å². The highest BCUT2D eigenvalue weighted by Crippen LogP contribution is 2.30. The maximum absolute atomic E-state index is 13.2. The Morgan fingerprint density at radius 1 is 1.07 bits per heavy atom. The van der Waals surface area contributed by atoms with Crippen LogP contribution in [0.25, 0.3) is 0 Å². The molecule has 30 heavy (non-hydrogen) atoms. The van der Waals surface area contributed by atoms with Crippen LogP contribution in [0.15, 0.2) is 23.1 Å². The number of nitrogens with one attached hydrogen (secondary N) is 2. The van der Waals surface area contributed by atoms with Crippen LogP contribution in [-0.2, 0) is 14.8 Å². The Morgan fingerprint density at radius 2 is 1.70 bits per heavy atom. The van der Waals surface area contributed by atoms with Gasteiger partial charge in [-0.3, -0.25) is 4.79 Å². The molecule has 2 aliphatic rings. The number of rotatable bonds is 7. The largest absolute Gasteiger partial charge is 0.495 e. The Balaban J connectivity index is 1.74. The van der Waals surface area contributed by atoms with E-state index in [1.165, 1.54) is 13.5 Å². The fraction of sp³-hybridized carbons (Fsp3) is 0.682. The van der Waals surface area contributed by atoms with Crippen molar-refractivity contribution >= 4 is 21.6 Å². The van der Waals surface area contributed by atoms with Gasteiger partial charge in [-0.25, -0.2) is 8.42 Å². The van der Waals surface area contributed by atoms with Gasteiger partial charge in [-0.05, 0) is 50.8 Å². The Morgan fingerprint density at radius 3 is 2.33 bits per heavy atom. The maximum atomic E-state index is 13.2. The van der Waals surface area contributed by atoms with Gasteiger partial charge in [0.15, 0.2) is 0 Å². The fourth-order valence-electron chi connectivity index (χ4n) is 4.26. The summed E-state index contributed by atoms with van der Waals surface area (Å²) in [6.07, 6.45) is 9.47. The van der Waals surface area contributed by atoms with Crippen molar-refractivity contribution in [2.24, 2.45) is 0 Å². The summed E-state index contributed by atoms with van der Waals surface area (Å²) in [6, 6.07) is 4.54. The number of benzene rings is 1. The zero-order valence-corrected chi connectivity index (χ0v) is 19.0. The van der Waals surface area contributed by atoms with Gasteiger partial charge in [-0.1, -0.05) is 32.1 Å². The zero-order chi connectivity index (χ0) is 21.6. The van der Waals surface area contributed by atoms with Gasteiger partial charge in [-0.15, -0.1) is 0 Å². The second-order valence-corrected chi connectivity index (χ2v) is 10.3. The molecule has 0 bridgehead atoms. The van der Waals surface area contributed by atoms with E-state index in [0.717, 1.165) is 51.4 Å². The number of nitrogens with zero attached hydrogens (tertiary/aromatic N) is 1. The first kappa shape index (κ1) is 22.9. The van der Waals surface area contributed by atoms with E-state index in [4.69, 9.17) is 4.74 Å². The first-order valence-electron chi connectivity index (χ1n) is 11.2. The number of methoxy groups -OCH3 is 1. The summed E-state index contributed by atoms with van der Waals surface area (Å²) >= 11 is 0. The summed E-state index contributed by atoms with van der Waals surface area (Å²) in [5, 5.41) is 6.27. The van der Waals surface area contributed by atoms with Gasteiger partial charge in [0.05, 0.1) is 17.7 Å². The highest BCUT2D eigenvalue weighted by Gasteiger charge is 2.27. The van der Waals surface area contributed by atoms with Gasteiger partial charge in [0.1, 0.15) is 11.8 Å². The molecular weight excluding hydrogens is 402 g/mol. The number of carbonyl (C=O) groups excluding carboxylic acids is 1. The van der Waals surface area contributed by atoms with Gasteiger partial charge in [0.25, 0.3) is 0 Å². The minimum atomic E-state index is -3.57. The molecule has 0 radical (unpaired) electrons. The van der Waals surface area contributed by atoms with E-state index in [-0.39, 0.29) is 16.8 Å². The average Bonchev–Trinajstić information content (AvgIpc) is 3.04. The van der Waals surface area contributed by atoms with Crippen LogP contribution < -0.4 is 15.4 Å². The van der Waals surface area contributed by atoms with E-state index in [2.05, 4.69) is 10.6 Å². The minimum Gasteiger partial charge on any atom is -0.495 e. The van der Waals surface area contributed by atoms with Gasteiger partial charge >= 0.3 is 0 Å². The predicted molar refractivity (Wildman–Crippen MR) is 118 cm³/mol. The number of amides is 1. The Kier molecular flexibility index (Phi) is 7.99. The Labute approximate surface area is 180 Å². The molecule has 1 amide bonds. The fourth-order valence-corrected chi connectivity index (χ4v) is 5.81. The third kappa shape index (κ3) is 5.66. The van der Waals surface area contributed by atoms with Crippen molar-refractivity contribution in [3.63, 3.8) is 0 Å². The van der Waals surface area contributed by atoms with E-state index in [9.17, 15) is 13.2 Å². The standard InChI is InChI=1S/C22H35N3O4S/c1-17(22(26)24-18-10-6-5-7-11-18)23-20-16-19(12-13-21(20)29-2)30(27,28)25-14-8-3-4-9-15-25/h12-13,16-18,23H,3-11,14-15H2,1-2H3,(H,24,26)/t17-/m1/s1. The highest BCUT2D eigenvalue weighted by molar-refractivity contribution is 7.89. The topological polar surface area (TPSA) is 87.7 Å². The van der Waals surface area contributed by atoms with Crippen molar-refractivity contribution < 1.29 is 17.9 Å². The van der Waals surface area contributed by atoms with Crippen LogP contribution in [0.2, 0.25) is 0 Å². The van der Waals surface area contributed by atoms with Crippen LogP contribution in [0.3, 0.4) is 0 Å². The molecule has 1 atom stereocenters. The smallest absolute Gasteiger partial charge is 0.243 e. The molecule has 1 aliphatic heterocycles. The molecule has 0 unspecified atom stereocenters. The van der Waals surface area contributed by atoms with E-state index in [1.54, 1.807) is 29.4 Å². The average molecular weight is 438 g/mol. The number of ether oxygens (including phenoxy) is 1. The molecule has 0 aromatic heterocycles. The number of anilines is 1. The van der Waals surface area contributed by atoms with E-state index >= 15 is 0 Å². The molecule has 1 aromatic carbocycles. The van der Waals surface area contributed by atoms with Crippen molar-refractivity contribution in [3.05, 3.63) is 18.2 Å². The number of hydrogen-bond donors (Lipinski definition) is 2. The third-order valence-corrected chi connectivity index (χ3v) is 7.99. The first-order valence-corrected chi connectivity index (χ1v) is 12.6. The van der Waals surface area contributed by atoms with E-state index in [1.807, 2.05) is 0 Å². The van der Waals surface area contributed by atoms with Crippen LogP contribution >= 0.6 is 0 Å². The molecule has 1 heterocycles. The molecule has 1 aromatic rings. The summed E-state index contributed by atoms with van der Waals surface area (Å²) in [7, 11) is -2.04. The third-order valence-electron chi connectivity index (χ3n) is 6.09. The monoisotopic (exact) mass is 437 g/mol. The van der Waals surface area contributed by atoms with Gasteiger partial charge in [-0.2, -0.15) is 4.31 Å². The van der Waals surface area contributed by atoms with E-state index < -0.39 is 16.1 Å². The van der Waals surface area contributed by atoms with Crippen LogP contribution in [0.4, 0.5) is 5.69 Å². The predicted octanol–water partition coefficient (Wildman–Crippen LogP) is 3.51. The van der Waals surface area contributed by atoms with E-state index in [0.29, 0.717) is 24.5 Å². The van der Waals surface area contributed by atoms with Crippen LogP contribution in [0, 0.1) is 0 Å². The molecule has 2 N–H and O–H groups in total. The van der Waals surface area contributed by atoms with Gasteiger partial charge < -0.3 is 15.4 Å². The number of hydrogen-bond acceptors (Lipinski definition) is 5. The zero-order valence-electron chi connectivity index (χ0n) is 18.2. The van der Waals surface area contributed by atoms with Crippen LogP contribution in [-0.4, -0.2) is 50.9 Å². The van der Waals surface area contributed by atoms with Crippen molar-refractivity contribution in [2.45, 2.75) is 81.7 Å². The van der Waals surface area contributed by atoms with Crippen LogP contribution in [0.5, 0.6) is 5.75 Å². The molecule has 0 spiro atoms. The summed E-state index contributed by atoms with van der Waals surface area (Å²) < 4.78 is 33.3. The van der Waals surface area contributed by atoms with Crippen molar-refractivity contribution in [1.29, 1.82) is 0 Å². The quantitative estimate of drug-likeness (QED) is 0.682. The van der Waals surface area contributed by atoms with Gasteiger partial charge in [0, 0.05) is 19.1 Å². The molecule has 7 nitrogen and oxygen atoms in total. The lowest BCUT2D eigenvalue weighted by Gasteiger charge is -2.25. The lowest BCUT2D eigenvalue weighted by atomic mass is 9.95. The molecule has 3 rings (SSSR count). The lowest BCUT2D eigenvalue weighted by Crippen LogP contribution is -2.44. The summed E-state index contributed by atoms with van der Waals surface area (Å²) in [5.74, 6) is 0.437.